The van der Waals surface area contributed by atoms with Gasteiger partial charge in [0.2, 0.25) is 0 Å². The lowest BCUT2D eigenvalue weighted by atomic mass is 10.0. The van der Waals surface area contributed by atoms with Crippen molar-refractivity contribution in [1.82, 2.24) is 9.88 Å². The Labute approximate surface area is 172 Å². The quantitative estimate of drug-likeness (QED) is 0.583. The van der Waals surface area contributed by atoms with Crippen molar-refractivity contribution in [1.29, 1.82) is 0 Å². The Hall–Kier alpha value is -3.06. The highest BCUT2D eigenvalue weighted by Crippen LogP contribution is 2.31. The third kappa shape index (κ3) is 5.30. The summed E-state index contributed by atoms with van der Waals surface area (Å²) in [6.07, 6.45) is -2.04. The van der Waals surface area contributed by atoms with Crippen molar-refractivity contribution in [2.24, 2.45) is 0 Å². The van der Waals surface area contributed by atoms with Gasteiger partial charge in [0.05, 0.1) is 0 Å². The number of ether oxygens (including phenoxy) is 2. The number of nitrogens with zero attached hydrogens (tertiary/aromatic N) is 2. The molecule has 0 unspecified atom stereocenters. The van der Waals surface area contributed by atoms with Crippen LogP contribution in [0.4, 0.5) is 13.2 Å². The second kappa shape index (κ2) is 8.75. The van der Waals surface area contributed by atoms with Crippen LogP contribution in [-0.2, 0) is 13.0 Å². The number of fused-ring (bicyclic) bond motifs is 1. The molecule has 0 fully saturated rings. The molecule has 4 rings (SSSR count). The molecular formula is C23H21F3N2O2. The molecule has 1 aliphatic heterocycles. The van der Waals surface area contributed by atoms with Crippen molar-refractivity contribution in [3.8, 4) is 22.6 Å². The van der Waals surface area contributed by atoms with Gasteiger partial charge in [-0.25, -0.2) is 0 Å². The zero-order chi connectivity index (χ0) is 21.0. The monoisotopic (exact) mass is 414 g/mol. The number of alkyl halides is 3. The van der Waals surface area contributed by atoms with E-state index in [2.05, 4.69) is 14.6 Å². The van der Waals surface area contributed by atoms with E-state index in [1.54, 1.807) is 18.3 Å². The summed E-state index contributed by atoms with van der Waals surface area (Å²) in [5.74, 6) is 0.612. The minimum atomic E-state index is -4.69. The lowest BCUT2D eigenvalue weighted by Crippen LogP contribution is -2.28. The number of hydrogen-bond donors (Lipinski definition) is 0. The van der Waals surface area contributed by atoms with Crippen LogP contribution in [0, 0.1) is 0 Å². The van der Waals surface area contributed by atoms with Crippen LogP contribution < -0.4 is 9.47 Å². The maximum Gasteiger partial charge on any atom is 0.573 e. The lowest BCUT2D eigenvalue weighted by Gasteiger charge is -2.19. The predicted octanol–water partition coefficient (Wildman–Crippen LogP) is 5.08. The Morgan fingerprint density at radius 3 is 2.53 bits per heavy atom. The van der Waals surface area contributed by atoms with Crippen LogP contribution >= 0.6 is 0 Å². The number of rotatable bonds is 5. The van der Waals surface area contributed by atoms with Crippen molar-refractivity contribution in [3.63, 3.8) is 0 Å². The van der Waals surface area contributed by atoms with E-state index in [1.807, 2.05) is 36.4 Å². The van der Waals surface area contributed by atoms with Crippen molar-refractivity contribution in [3.05, 3.63) is 78.1 Å². The average molecular weight is 414 g/mol. The van der Waals surface area contributed by atoms with Crippen molar-refractivity contribution < 1.29 is 22.6 Å². The Balaban J connectivity index is 1.47. The molecule has 7 heteroatoms. The van der Waals surface area contributed by atoms with Crippen LogP contribution in [-0.4, -0.2) is 35.9 Å². The van der Waals surface area contributed by atoms with E-state index in [0.29, 0.717) is 6.61 Å². The number of aromatic nitrogens is 1. The molecule has 0 spiro atoms. The lowest BCUT2D eigenvalue weighted by molar-refractivity contribution is -0.274. The average Bonchev–Trinajstić information content (AvgIpc) is 2.94. The summed E-state index contributed by atoms with van der Waals surface area (Å²) in [7, 11) is 0. The fourth-order valence-electron chi connectivity index (χ4n) is 3.49. The molecule has 2 aromatic carbocycles. The molecule has 3 aromatic rings. The van der Waals surface area contributed by atoms with E-state index in [9.17, 15) is 13.2 Å². The van der Waals surface area contributed by atoms with Gasteiger partial charge in [-0.05, 0) is 47.5 Å². The highest BCUT2D eigenvalue weighted by molar-refractivity contribution is 5.66. The summed E-state index contributed by atoms with van der Waals surface area (Å²) in [4.78, 5) is 6.70. The molecular weight excluding hydrogens is 393 g/mol. The minimum absolute atomic E-state index is 0.231. The second-order valence-electron chi connectivity index (χ2n) is 7.09. The summed E-state index contributed by atoms with van der Waals surface area (Å²) in [5, 5.41) is 0. The van der Waals surface area contributed by atoms with Gasteiger partial charge in [-0.1, -0.05) is 24.3 Å². The molecule has 30 heavy (non-hydrogen) atoms. The van der Waals surface area contributed by atoms with E-state index in [4.69, 9.17) is 4.74 Å². The highest BCUT2D eigenvalue weighted by atomic mass is 19.4. The molecule has 4 nitrogen and oxygen atoms in total. The van der Waals surface area contributed by atoms with Gasteiger partial charge in [0.15, 0.2) is 0 Å². The molecule has 2 heterocycles. The number of hydrogen-bond acceptors (Lipinski definition) is 4. The summed E-state index contributed by atoms with van der Waals surface area (Å²) in [6, 6.07) is 17.7. The molecule has 156 valence electrons. The number of halogens is 3. The van der Waals surface area contributed by atoms with E-state index >= 15 is 0 Å². The van der Waals surface area contributed by atoms with Crippen LogP contribution in [0.25, 0.3) is 11.1 Å². The van der Waals surface area contributed by atoms with Gasteiger partial charge in [-0.15, -0.1) is 13.2 Å². The highest BCUT2D eigenvalue weighted by Gasteiger charge is 2.31. The van der Waals surface area contributed by atoms with E-state index < -0.39 is 6.36 Å². The summed E-state index contributed by atoms with van der Waals surface area (Å²) in [5.41, 5.74) is 3.85. The van der Waals surface area contributed by atoms with Crippen molar-refractivity contribution in [2.75, 3.05) is 19.7 Å². The molecule has 1 aliphatic rings. The zero-order valence-corrected chi connectivity index (χ0v) is 16.2. The number of pyridine rings is 1. The molecule has 0 aliphatic carbocycles. The van der Waals surface area contributed by atoms with Gasteiger partial charge in [0.25, 0.3) is 0 Å². The first-order valence-electron chi connectivity index (χ1n) is 9.70. The maximum absolute atomic E-state index is 12.4. The maximum atomic E-state index is 12.4. The Morgan fingerprint density at radius 2 is 1.80 bits per heavy atom. The largest absolute Gasteiger partial charge is 0.573 e. The first kappa shape index (κ1) is 20.2. The molecule has 0 radical (unpaired) electrons. The number of benzene rings is 2. The van der Waals surface area contributed by atoms with Gasteiger partial charge in [-0.2, -0.15) is 0 Å². The van der Waals surface area contributed by atoms with Crippen LogP contribution in [0.5, 0.6) is 11.5 Å². The third-order valence-corrected chi connectivity index (χ3v) is 4.95. The molecule has 1 aromatic heterocycles. The third-order valence-electron chi connectivity index (χ3n) is 4.95. The van der Waals surface area contributed by atoms with Crippen LogP contribution in [0.1, 0.15) is 11.3 Å². The molecule has 0 amide bonds. The van der Waals surface area contributed by atoms with Crippen molar-refractivity contribution >= 4 is 0 Å². The summed E-state index contributed by atoms with van der Waals surface area (Å²) >= 11 is 0. The predicted molar refractivity (Wildman–Crippen MR) is 107 cm³/mol. The minimum Gasteiger partial charge on any atom is -0.492 e. The van der Waals surface area contributed by atoms with E-state index in [0.717, 1.165) is 54.2 Å². The van der Waals surface area contributed by atoms with Gasteiger partial charge in [0.1, 0.15) is 18.1 Å². The standard InChI is InChI=1S/C23H21F3N2O2/c24-23(25,26)30-21-7-4-17(5-8-21)18-6-9-22-19(15-18)16-28(13-14-29-22)12-10-20-3-1-2-11-27-20/h1-9,11,15H,10,12-14,16H2. The van der Waals surface area contributed by atoms with Crippen LogP contribution in [0.2, 0.25) is 0 Å². The van der Waals surface area contributed by atoms with Gasteiger partial charge >= 0.3 is 6.36 Å². The fourth-order valence-corrected chi connectivity index (χ4v) is 3.49. The van der Waals surface area contributed by atoms with Crippen molar-refractivity contribution in [2.45, 2.75) is 19.3 Å². The first-order chi connectivity index (χ1) is 14.5. The SMILES string of the molecule is FC(F)(F)Oc1ccc(-c2ccc3c(c2)CN(CCc2ccccn2)CCO3)cc1. The molecule has 0 N–H and O–H groups in total. The summed E-state index contributed by atoms with van der Waals surface area (Å²) in [6.45, 7) is 3.04. The topological polar surface area (TPSA) is 34.6 Å². The summed E-state index contributed by atoms with van der Waals surface area (Å²) < 4.78 is 46.9. The Bertz CT molecular complexity index is 976. The van der Waals surface area contributed by atoms with E-state index in [-0.39, 0.29) is 5.75 Å². The molecule has 0 atom stereocenters. The van der Waals surface area contributed by atoms with E-state index in [1.165, 1.54) is 12.1 Å². The Morgan fingerprint density at radius 1 is 1.00 bits per heavy atom. The molecule has 0 saturated heterocycles. The Kier molecular flexibility index (Phi) is 5.90. The normalized spacial score (nSPS) is 14.5. The van der Waals surface area contributed by atoms with Crippen LogP contribution in [0.15, 0.2) is 66.9 Å². The fraction of sp³-hybridized carbons (Fsp3) is 0.261. The smallest absolute Gasteiger partial charge is 0.492 e. The molecule has 0 bridgehead atoms. The second-order valence-corrected chi connectivity index (χ2v) is 7.09. The van der Waals surface area contributed by atoms with Crippen LogP contribution in [0.3, 0.4) is 0 Å². The zero-order valence-electron chi connectivity index (χ0n) is 16.2. The van der Waals surface area contributed by atoms with Gasteiger partial charge < -0.3 is 9.47 Å². The first-order valence-corrected chi connectivity index (χ1v) is 9.70. The molecule has 0 saturated carbocycles. The van der Waals surface area contributed by atoms with Gasteiger partial charge in [-0.3, -0.25) is 9.88 Å². The van der Waals surface area contributed by atoms with Gasteiger partial charge in [0, 0.05) is 43.5 Å².